The monoisotopic (exact) mass is 280 g/mol. The zero-order chi connectivity index (χ0) is 15.0. The molecule has 2 heteroatoms. The Hall–Kier alpha value is -0.0800. The van der Waals surface area contributed by atoms with E-state index in [-0.39, 0.29) is 0 Å². The topological polar surface area (TPSA) is 29.3 Å². The molecule has 3 unspecified atom stereocenters. The van der Waals surface area contributed by atoms with Crippen LogP contribution in [0.3, 0.4) is 0 Å². The molecule has 2 N–H and O–H groups in total. The highest BCUT2D eigenvalue weighted by Gasteiger charge is 2.43. The maximum Gasteiger partial charge on any atom is 0.00698 e. The van der Waals surface area contributed by atoms with Gasteiger partial charge in [0.2, 0.25) is 0 Å². The zero-order valence-corrected chi connectivity index (χ0v) is 14.4. The quantitative estimate of drug-likeness (QED) is 0.846. The molecule has 0 amide bonds. The number of likely N-dealkylation sites (tertiary alicyclic amines) is 1. The minimum Gasteiger partial charge on any atom is -0.327 e. The first kappa shape index (κ1) is 16.3. The molecule has 0 aromatic rings. The van der Waals surface area contributed by atoms with Crippen molar-refractivity contribution in [3.63, 3.8) is 0 Å². The largest absolute Gasteiger partial charge is 0.327 e. The van der Waals surface area contributed by atoms with Crippen molar-refractivity contribution in [3.05, 3.63) is 0 Å². The lowest BCUT2D eigenvalue weighted by Gasteiger charge is -2.48. The van der Waals surface area contributed by atoms with E-state index < -0.39 is 0 Å². The first-order valence-corrected chi connectivity index (χ1v) is 8.82. The van der Waals surface area contributed by atoms with Crippen molar-refractivity contribution in [3.8, 4) is 0 Å². The zero-order valence-electron chi connectivity index (χ0n) is 14.4. The summed E-state index contributed by atoms with van der Waals surface area (Å²) in [7, 11) is 0. The SMILES string of the molecule is CCC1(CC)CCN(CC2CCC(N)C(C)C2(C)C)C1. The Morgan fingerprint density at radius 3 is 2.35 bits per heavy atom. The predicted octanol–water partition coefficient (Wildman–Crippen LogP) is 3.90. The van der Waals surface area contributed by atoms with Gasteiger partial charge in [-0.1, -0.05) is 34.6 Å². The summed E-state index contributed by atoms with van der Waals surface area (Å²) in [5.74, 6) is 1.47. The molecule has 1 saturated heterocycles. The second-order valence-electron chi connectivity index (χ2n) is 8.24. The van der Waals surface area contributed by atoms with E-state index in [0.717, 1.165) is 5.92 Å². The number of hydrogen-bond acceptors (Lipinski definition) is 2. The van der Waals surface area contributed by atoms with Crippen molar-refractivity contribution in [2.75, 3.05) is 19.6 Å². The summed E-state index contributed by atoms with van der Waals surface area (Å²) < 4.78 is 0. The lowest BCUT2D eigenvalue weighted by molar-refractivity contribution is 0.0308. The van der Waals surface area contributed by atoms with Crippen LogP contribution in [0.15, 0.2) is 0 Å². The molecule has 2 fully saturated rings. The van der Waals surface area contributed by atoms with Gasteiger partial charge in [0, 0.05) is 19.1 Å². The third-order valence-electron chi connectivity index (χ3n) is 7.21. The lowest BCUT2D eigenvalue weighted by Crippen LogP contribution is -2.49. The maximum atomic E-state index is 6.30. The van der Waals surface area contributed by atoms with Gasteiger partial charge >= 0.3 is 0 Å². The average Bonchev–Trinajstić information content (AvgIpc) is 2.84. The van der Waals surface area contributed by atoms with Gasteiger partial charge in [-0.15, -0.1) is 0 Å². The molecule has 1 aliphatic heterocycles. The fraction of sp³-hybridized carbons (Fsp3) is 1.00. The summed E-state index contributed by atoms with van der Waals surface area (Å²) in [5, 5.41) is 0. The van der Waals surface area contributed by atoms with Gasteiger partial charge in [0.05, 0.1) is 0 Å². The van der Waals surface area contributed by atoms with Gasteiger partial charge in [-0.05, 0) is 61.3 Å². The summed E-state index contributed by atoms with van der Waals surface area (Å²) in [4.78, 5) is 2.75. The van der Waals surface area contributed by atoms with E-state index in [1.54, 1.807) is 0 Å². The highest BCUT2D eigenvalue weighted by Crippen LogP contribution is 2.46. The van der Waals surface area contributed by atoms with Crippen molar-refractivity contribution in [2.45, 2.75) is 72.8 Å². The third kappa shape index (κ3) is 2.92. The van der Waals surface area contributed by atoms with E-state index in [4.69, 9.17) is 5.73 Å². The first-order valence-electron chi connectivity index (χ1n) is 8.82. The molecule has 118 valence electrons. The molecule has 2 rings (SSSR count). The van der Waals surface area contributed by atoms with Crippen molar-refractivity contribution >= 4 is 0 Å². The fourth-order valence-corrected chi connectivity index (χ4v) is 4.59. The Labute approximate surface area is 126 Å². The lowest BCUT2D eigenvalue weighted by atomic mass is 9.61. The van der Waals surface area contributed by atoms with Crippen LogP contribution in [0, 0.1) is 22.7 Å². The summed E-state index contributed by atoms with van der Waals surface area (Å²) in [6.07, 6.45) is 6.63. The molecule has 20 heavy (non-hydrogen) atoms. The number of rotatable bonds is 4. The Kier molecular flexibility index (Phi) is 4.86. The number of nitrogens with two attached hydrogens (primary N) is 1. The second kappa shape index (κ2) is 5.96. The van der Waals surface area contributed by atoms with E-state index in [2.05, 4.69) is 39.5 Å². The first-order chi connectivity index (χ1) is 9.34. The van der Waals surface area contributed by atoms with Gasteiger partial charge in [0.15, 0.2) is 0 Å². The summed E-state index contributed by atoms with van der Waals surface area (Å²) in [6, 6.07) is 0.408. The molecule has 0 spiro atoms. The Balaban J connectivity index is 1.97. The summed E-state index contributed by atoms with van der Waals surface area (Å²) >= 11 is 0. The standard InChI is InChI=1S/C18H36N2/c1-6-18(7-2)10-11-20(13-18)12-15-8-9-16(19)14(3)17(15,4)5/h14-16H,6-13,19H2,1-5H3. The molecule has 1 aliphatic carbocycles. The molecule has 2 aliphatic rings. The number of hydrogen-bond donors (Lipinski definition) is 1. The van der Waals surface area contributed by atoms with E-state index >= 15 is 0 Å². The van der Waals surface area contributed by atoms with E-state index in [1.807, 2.05) is 0 Å². The fourth-order valence-electron chi connectivity index (χ4n) is 4.59. The molecule has 0 radical (unpaired) electrons. The molecule has 2 nitrogen and oxygen atoms in total. The second-order valence-corrected chi connectivity index (χ2v) is 8.24. The molecule has 3 atom stereocenters. The Bertz CT molecular complexity index is 319. The van der Waals surface area contributed by atoms with Crippen LogP contribution in [0.25, 0.3) is 0 Å². The van der Waals surface area contributed by atoms with Gasteiger partial charge in [0.1, 0.15) is 0 Å². The van der Waals surface area contributed by atoms with Gasteiger partial charge in [-0.3, -0.25) is 0 Å². The smallest absolute Gasteiger partial charge is 0.00698 e. The highest BCUT2D eigenvalue weighted by molar-refractivity contribution is 4.96. The van der Waals surface area contributed by atoms with Gasteiger partial charge in [-0.2, -0.15) is 0 Å². The molecule has 1 heterocycles. The van der Waals surface area contributed by atoms with E-state index in [0.29, 0.717) is 22.8 Å². The number of nitrogens with zero attached hydrogens (tertiary/aromatic N) is 1. The van der Waals surface area contributed by atoms with E-state index in [9.17, 15) is 0 Å². The van der Waals surface area contributed by atoms with Crippen LogP contribution < -0.4 is 5.73 Å². The molecule has 0 bridgehead atoms. The van der Waals surface area contributed by atoms with Crippen LogP contribution in [-0.2, 0) is 0 Å². The van der Waals surface area contributed by atoms with Gasteiger partial charge in [-0.25, -0.2) is 0 Å². The molecule has 1 saturated carbocycles. The van der Waals surface area contributed by atoms with Crippen LogP contribution >= 0.6 is 0 Å². The highest BCUT2D eigenvalue weighted by atomic mass is 15.2. The molecular formula is C18H36N2. The van der Waals surface area contributed by atoms with Crippen LogP contribution in [0.5, 0.6) is 0 Å². The third-order valence-corrected chi connectivity index (χ3v) is 7.21. The minimum absolute atomic E-state index is 0.390. The van der Waals surface area contributed by atoms with Crippen molar-refractivity contribution in [2.24, 2.45) is 28.4 Å². The predicted molar refractivity (Wildman–Crippen MR) is 87.7 cm³/mol. The van der Waals surface area contributed by atoms with E-state index in [1.165, 1.54) is 51.7 Å². The Morgan fingerprint density at radius 1 is 1.15 bits per heavy atom. The van der Waals surface area contributed by atoms with Crippen LogP contribution in [0.2, 0.25) is 0 Å². The molecular weight excluding hydrogens is 244 g/mol. The van der Waals surface area contributed by atoms with Crippen molar-refractivity contribution in [1.29, 1.82) is 0 Å². The van der Waals surface area contributed by atoms with Crippen molar-refractivity contribution in [1.82, 2.24) is 4.90 Å². The van der Waals surface area contributed by atoms with Crippen LogP contribution in [0.1, 0.15) is 66.7 Å². The Morgan fingerprint density at radius 2 is 1.80 bits per heavy atom. The van der Waals surface area contributed by atoms with Crippen LogP contribution in [0.4, 0.5) is 0 Å². The maximum absolute atomic E-state index is 6.30. The molecule has 0 aromatic heterocycles. The minimum atomic E-state index is 0.390. The van der Waals surface area contributed by atoms with Gasteiger partial charge in [0.25, 0.3) is 0 Å². The molecule has 0 aromatic carbocycles. The summed E-state index contributed by atoms with van der Waals surface area (Å²) in [5.41, 5.74) is 7.30. The average molecular weight is 281 g/mol. The normalized spacial score (nSPS) is 37.2. The van der Waals surface area contributed by atoms with Gasteiger partial charge < -0.3 is 10.6 Å². The van der Waals surface area contributed by atoms with Crippen molar-refractivity contribution < 1.29 is 0 Å². The van der Waals surface area contributed by atoms with Crippen LogP contribution in [-0.4, -0.2) is 30.6 Å². The summed E-state index contributed by atoms with van der Waals surface area (Å²) in [6.45, 7) is 15.9.